The number of nitriles is 1. The number of benzene rings is 3. The zero-order valence-corrected chi connectivity index (χ0v) is 19.9. The minimum atomic E-state index is -3.81. The van der Waals surface area contributed by atoms with Crippen LogP contribution in [0, 0.1) is 11.3 Å². The first-order valence-corrected chi connectivity index (χ1v) is 12.6. The summed E-state index contributed by atoms with van der Waals surface area (Å²) in [7, 11) is -3.81. The smallest absolute Gasteiger partial charge is 0.260 e. The first-order chi connectivity index (χ1) is 17.0. The molecule has 1 aliphatic heterocycles. The Balaban J connectivity index is 1.25. The van der Waals surface area contributed by atoms with E-state index in [0.29, 0.717) is 18.1 Å². The first kappa shape index (κ1) is 24.3. The summed E-state index contributed by atoms with van der Waals surface area (Å²) in [6.45, 7) is 1.13. The largest absolute Gasteiger partial charge is 0.489 e. The van der Waals surface area contributed by atoms with E-state index in [2.05, 4.69) is 0 Å². The molecule has 8 nitrogen and oxygen atoms in total. The lowest BCUT2D eigenvalue weighted by atomic mass is 10.2. The van der Waals surface area contributed by atoms with Gasteiger partial charge in [-0.1, -0.05) is 42.5 Å². The van der Waals surface area contributed by atoms with Crippen LogP contribution in [0.25, 0.3) is 0 Å². The summed E-state index contributed by atoms with van der Waals surface area (Å²) >= 11 is 0. The molecule has 3 aromatic carbocycles. The number of hydrogen-bond donors (Lipinski definition) is 0. The van der Waals surface area contributed by atoms with Crippen LogP contribution in [-0.2, 0) is 21.4 Å². The lowest BCUT2D eigenvalue weighted by Crippen LogP contribution is -2.51. The number of piperazine rings is 1. The molecule has 0 unspecified atom stereocenters. The van der Waals surface area contributed by atoms with Gasteiger partial charge in [0.1, 0.15) is 24.2 Å². The van der Waals surface area contributed by atoms with Crippen molar-refractivity contribution in [3.63, 3.8) is 0 Å². The van der Waals surface area contributed by atoms with E-state index in [1.807, 2.05) is 36.4 Å². The van der Waals surface area contributed by atoms with E-state index >= 15 is 0 Å². The Morgan fingerprint density at radius 2 is 1.43 bits per heavy atom. The fourth-order valence-electron chi connectivity index (χ4n) is 3.71. The Bertz CT molecular complexity index is 1300. The molecule has 3 aromatic rings. The maximum atomic E-state index is 12.9. The highest BCUT2D eigenvalue weighted by Crippen LogP contribution is 2.22. The minimum Gasteiger partial charge on any atom is -0.489 e. The van der Waals surface area contributed by atoms with Crippen molar-refractivity contribution in [3.05, 3.63) is 90.0 Å². The van der Waals surface area contributed by atoms with Gasteiger partial charge in [0.2, 0.25) is 10.0 Å². The highest BCUT2D eigenvalue weighted by Gasteiger charge is 2.31. The number of ether oxygens (including phenoxy) is 2. The van der Waals surface area contributed by atoms with E-state index in [-0.39, 0.29) is 49.2 Å². The van der Waals surface area contributed by atoms with Gasteiger partial charge in [0.25, 0.3) is 5.91 Å². The molecule has 0 N–H and O–H groups in total. The van der Waals surface area contributed by atoms with Gasteiger partial charge in [-0.15, -0.1) is 0 Å². The maximum Gasteiger partial charge on any atom is 0.260 e. The van der Waals surface area contributed by atoms with Crippen molar-refractivity contribution in [1.29, 1.82) is 5.26 Å². The highest BCUT2D eigenvalue weighted by atomic mass is 32.2. The Labute approximate surface area is 205 Å². The Kier molecular flexibility index (Phi) is 7.65. The fraction of sp³-hybridized carbons (Fsp3) is 0.231. The Morgan fingerprint density at radius 1 is 0.829 bits per heavy atom. The molecule has 1 amide bonds. The molecule has 0 saturated carbocycles. The van der Waals surface area contributed by atoms with E-state index < -0.39 is 10.0 Å². The third-order valence-electron chi connectivity index (χ3n) is 5.65. The van der Waals surface area contributed by atoms with Crippen molar-refractivity contribution in [2.24, 2.45) is 0 Å². The SMILES string of the molecule is N#Cc1ccccc1S(=O)(=O)N1CCN(C(=O)COc2ccc(OCc3ccccc3)cc2)CC1. The Morgan fingerprint density at radius 3 is 2.09 bits per heavy atom. The van der Waals surface area contributed by atoms with Crippen LogP contribution in [0.2, 0.25) is 0 Å². The Hall–Kier alpha value is -3.87. The average molecular weight is 492 g/mol. The third-order valence-corrected chi connectivity index (χ3v) is 7.61. The predicted molar refractivity (Wildman–Crippen MR) is 129 cm³/mol. The molecule has 0 radical (unpaired) electrons. The van der Waals surface area contributed by atoms with Crippen molar-refractivity contribution in [2.45, 2.75) is 11.5 Å². The van der Waals surface area contributed by atoms with Gasteiger partial charge in [0.05, 0.1) is 10.5 Å². The molecule has 0 aromatic heterocycles. The first-order valence-electron chi connectivity index (χ1n) is 11.1. The zero-order valence-electron chi connectivity index (χ0n) is 19.0. The lowest BCUT2D eigenvalue weighted by Gasteiger charge is -2.34. The van der Waals surface area contributed by atoms with Gasteiger partial charge >= 0.3 is 0 Å². The molecule has 0 spiro atoms. The molecule has 1 saturated heterocycles. The molecule has 180 valence electrons. The van der Waals surface area contributed by atoms with Crippen LogP contribution in [-0.4, -0.2) is 56.3 Å². The van der Waals surface area contributed by atoms with Gasteiger partial charge in [-0.25, -0.2) is 8.42 Å². The minimum absolute atomic E-state index is 0.0122. The van der Waals surface area contributed by atoms with Gasteiger partial charge < -0.3 is 14.4 Å². The number of carbonyl (C=O) groups excluding carboxylic acids is 1. The normalized spacial score (nSPS) is 14.2. The maximum absolute atomic E-state index is 12.9. The van der Waals surface area contributed by atoms with Crippen LogP contribution in [0.1, 0.15) is 11.1 Å². The van der Waals surface area contributed by atoms with Crippen LogP contribution < -0.4 is 9.47 Å². The quantitative estimate of drug-likeness (QED) is 0.480. The highest BCUT2D eigenvalue weighted by molar-refractivity contribution is 7.89. The van der Waals surface area contributed by atoms with Gasteiger partial charge in [-0.05, 0) is 42.0 Å². The summed E-state index contributed by atoms with van der Waals surface area (Å²) in [5, 5.41) is 9.23. The molecule has 1 heterocycles. The van der Waals surface area contributed by atoms with Crippen molar-refractivity contribution in [2.75, 3.05) is 32.8 Å². The molecule has 1 fully saturated rings. The second-order valence-corrected chi connectivity index (χ2v) is 9.83. The summed E-state index contributed by atoms with van der Waals surface area (Å²) < 4.78 is 38.6. The molecule has 1 aliphatic rings. The lowest BCUT2D eigenvalue weighted by molar-refractivity contribution is -0.134. The predicted octanol–water partition coefficient (Wildman–Crippen LogP) is 3.05. The summed E-state index contributed by atoms with van der Waals surface area (Å²) in [5.74, 6) is 1.02. The second-order valence-electron chi connectivity index (χ2n) is 7.93. The number of hydrogen-bond acceptors (Lipinski definition) is 6. The van der Waals surface area contributed by atoms with Crippen LogP contribution in [0.5, 0.6) is 11.5 Å². The summed E-state index contributed by atoms with van der Waals surface area (Å²) in [4.78, 5) is 14.2. The zero-order chi connectivity index (χ0) is 24.7. The summed E-state index contributed by atoms with van der Waals surface area (Å²) in [6.07, 6.45) is 0. The average Bonchev–Trinajstić information content (AvgIpc) is 2.91. The molecule has 35 heavy (non-hydrogen) atoms. The number of nitrogens with zero attached hydrogens (tertiary/aromatic N) is 3. The monoisotopic (exact) mass is 491 g/mol. The van der Waals surface area contributed by atoms with E-state index in [4.69, 9.17) is 9.47 Å². The number of rotatable bonds is 8. The molecule has 0 aliphatic carbocycles. The summed E-state index contributed by atoms with van der Waals surface area (Å²) in [6, 6.07) is 24.9. The van der Waals surface area contributed by atoms with Crippen molar-refractivity contribution in [3.8, 4) is 17.6 Å². The second kappa shape index (κ2) is 11.0. The van der Waals surface area contributed by atoms with Gasteiger partial charge in [-0.3, -0.25) is 4.79 Å². The number of amides is 1. The van der Waals surface area contributed by atoms with Gasteiger partial charge in [-0.2, -0.15) is 9.57 Å². The van der Waals surface area contributed by atoms with Crippen LogP contribution in [0.4, 0.5) is 0 Å². The van der Waals surface area contributed by atoms with E-state index in [9.17, 15) is 18.5 Å². The number of carbonyl (C=O) groups is 1. The third kappa shape index (κ3) is 5.98. The fourth-order valence-corrected chi connectivity index (χ4v) is 5.27. The van der Waals surface area contributed by atoms with Crippen molar-refractivity contribution >= 4 is 15.9 Å². The van der Waals surface area contributed by atoms with E-state index in [0.717, 1.165) is 5.56 Å². The van der Waals surface area contributed by atoms with Gasteiger partial charge in [0.15, 0.2) is 6.61 Å². The molecule has 4 rings (SSSR count). The van der Waals surface area contributed by atoms with Crippen LogP contribution >= 0.6 is 0 Å². The van der Waals surface area contributed by atoms with E-state index in [1.54, 1.807) is 41.3 Å². The molecule has 0 atom stereocenters. The molecule has 0 bridgehead atoms. The van der Waals surface area contributed by atoms with Crippen molar-refractivity contribution in [1.82, 2.24) is 9.21 Å². The topological polar surface area (TPSA) is 99.9 Å². The molecular formula is C26H25N3O5S. The van der Waals surface area contributed by atoms with Crippen molar-refractivity contribution < 1.29 is 22.7 Å². The standard InChI is InChI=1S/C26H25N3O5S/c27-18-22-8-4-5-9-25(22)35(31,32)29-16-14-28(15-17-29)26(30)20-34-24-12-10-23(11-13-24)33-19-21-6-2-1-3-7-21/h1-13H,14-17,19-20H2. The molecule has 9 heteroatoms. The van der Waals surface area contributed by atoms with Crippen LogP contribution in [0.15, 0.2) is 83.8 Å². The van der Waals surface area contributed by atoms with E-state index in [1.165, 1.54) is 16.4 Å². The summed E-state index contributed by atoms with van der Waals surface area (Å²) in [5.41, 5.74) is 1.18. The van der Waals surface area contributed by atoms with Gasteiger partial charge in [0, 0.05) is 26.2 Å². The number of sulfonamides is 1. The van der Waals surface area contributed by atoms with Crippen LogP contribution in [0.3, 0.4) is 0 Å². The molecular weight excluding hydrogens is 466 g/mol.